The molecule has 1 amide bonds. The van der Waals surface area contributed by atoms with E-state index in [2.05, 4.69) is 0 Å². The number of halogens is 3. The molecule has 2 N–H and O–H groups in total. The number of benzene rings is 2. The highest BCUT2D eigenvalue weighted by Gasteiger charge is 2.28. The van der Waals surface area contributed by atoms with Crippen molar-refractivity contribution in [1.29, 1.82) is 0 Å². The Hall–Kier alpha value is -2.67. The Morgan fingerprint density at radius 3 is 2.40 bits per heavy atom. The van der Waals surface area contributed by atoms with Gasteiger partial charge in [0, 0.05) is 16.1 Å². The quantitative estimate of drug-likeness (QED) is 0.784. The zero-order chi connectivity index (χ0) is 18.4. The Labute approximate surface area is 147 Å². The second-order valence-corrected chi connectivity index (χ2v) is 5.41. The van der Waals surface area contributed by atoms with E-state index in [-0.39, 0.29) is 17.9 Å². The number of carbonyl (C=O) groups excluding carboxylic acids is 1. The van der Waals surface area contributed by atoms with Crippen LogP contribution in [0.5, 0.6) is 5.75 Å². The van der Waals surface area contributed by atoms with Crippen LogP contribution < -0.4 is 10.1 Å². The highest BCUT2D eigenvalue weighted by atomic mass is 35.5. The van der Waals surface area contributed by atoms with Crippen LogP contribution in [0.1, 0.15) is 17.2 Å². The first-order valence-corrected chi connectivity index (χ1v) is 7.54. The van der Waals surface area contributed by atoms with Crippen LogP contribution in [0.3, 0.4) is 0 Å². The molecular weight excluding hydrogens is 356 g/mol. The second-order valence-electron chi connectivity index (χ2n) is 5.00. The summed E-state index contributed by atoms with van der Waals surface area (Å²) in [5, 5.41) is 11.5. The molecule has 2 rings (SSSR count). The van der Waals surface area contributed by atoms with Crippen molar-refractivity contribution in [3.8, 4) is 5.75 Å². The van der Waals surface area contributed by atoms with E-state index in [0.29, 0.717) is 10.6 Å². The third-order valence-electron chi connectivity index (χ3n) is 3.30. The van der Waals surface area contributed by atoms with E-state index in [1.807, 2.05) is 0 Å². The van der Waals surface area contributed by atoms with Gasteiger partial charge in [0.15, 0.2) is 6.04 Å². The molecule has 0 saturated carbocycles. The molecule has 0 aliphatic rings. The van der Waals surface area contributed by atoms with Gasteiger partial charge in [0.1, 0.15) is 12.4 Å². The molecule has 132 valence electrons. The number of carboxylic acids is 1. The summed E-state index contributed by atoms with van der Waals surface area (Å²) in [7, 11) is 0. The molecule has 0 spiro atoms. The second kappa shape index (κ2) is 8.43. The topological polar surface area (TPSA) is 75.6 Å². The molecular formula is C17H14ClF2NO4. The van der Waals surface area contributed by atoms with E-state index in [4.69, 9.17) is 16.3 Å². The average Bonchev–Trinajstić information content (AvgIpc) is 2.58. The lowest BCUT2D eigenvalue weighted by Gasteiger charge is -2.18. The lowest BCUT2D eigenvalue weighted by molar-refractivity contribution is -0.144. The number of carbonyl (C=O) groups is 2. The molecule has 1 atom stereocenters. The Morgan fingerprint density at radius 2 is 1.76 bits per heavy atom. The fraction of sp³-hybridized carbons (Fsp3) is 0.176. The first-order valence-electron chi connectivity index (χ1n) is 7.16. The van der Waals surface area contributed by atoms with Crippen LogP contribution >= 0.6 is 11.6 Å². The number of ether oxygens (including phenoxy) is 1. The van der Waals surface area contributed by atoms with Crippen LogP contribution in [-0.2, 0) is 16.2 Å². The minimum absolute atomic E-state index is 0.0474. The number of carboxylic acid groups (broad SMARTS) is 1. The van der Waals surface area contributed by atoms with Crippen molar-refractivity contribution in [3.05, 3.63) is 64.7 Å². The van der Waals surface area contributed by atoms with E-state index < -0.39 is 24.3 Å². The molecule has 0 radical (unpaired) electrons. The molecule has 0 aromatic heterocycles. The van der Waals surface area contributed by atoms with Gasteiger partial charge in [-0.05, 0) is 12.1 Å². The van der Waals surface area contributed by atoms with Crippen LogP contribution in [0.4, 0.5) is 8.78 Å². The van der Waals surface area contributed by atoms with Gasteiger partial charge in [-0.25, -0.2) is 4.79 Å². The molecule has 0 aliphatic heterocycles. The molecule has 0 heterocycles. The summed E-state index contributed by atoms with van der Waals surface area (Å²) in [6.07, 6.45) is -3.32. The van der Waals surface area contributed by atoms with Gasteiger partial charge < -0.3 is 15.2 Å². The summed E-state index contributed by atoms with van der Waals surface area (Å²) >= 11 is 6.03. The summed E-state index contributed by atoms with van der Waals surface area (Å²) in [4.78, 5) is 22.6. The lowest BCUT2D eigenvalue weighted by atomic mass is 10.1. The van der Waals surface area contributed by atoms with Crippen molar-refractivity contribution < 1.29 is 28.2 Å². The number of rotatable bonds is 7. The third-order valence-corrected chi connectivity index (χ3v) is 3.67. The van der Waals surface area contributed by atoms with Crippen LogP contribution in [0.25, 0.3) is 0 Å². The summed E-state index contributed by atoms with van der Waals surface area (Å²) in [5.41, 5.74) is 0.721. The van der Waals surface area contributed by atoms with Gasteiger partial charge in [0.05, 0.1) is 0 Å². The number of hydrogen-bond acceptors (Lipinski definition) is 3. The number of alkyl halides is 2. The molecule has 1 unspecified atom stereocenters. The predicted molar refractivity (Wildman–Crippen MR) is 86.7 cm³/mol. The van der Waals surface area contributed by atoms with E-state index in [9.17, 15) is 23.5 Å². The van der Waals surface area contributed by atoms with Crippen molar-refractivity contribution in [2.75, 3.05) is 0 Å². The third kappa shape index (κ3) is 4.90. The normalized spacial score (nSPS) is 11.8. The zero-order valence-electron chi connectivity index (χ0n) is 12.8. The Bertz CT molecular complexity index is 770. The Kier molecular flexibility index (Phi) is 6.30. The van der Waals surface area contributed by atoms with Gasteiger partial charge in [-0.2, -0.15) is 8.78 Å². The fourth-order valence-electron chi connectivity index (χ4n) is 2.10. The summed E-state index contributed by atoms with van der Waals surface area (Å²) in [5.74, 6) is -3.01. The van der Waals surface area contributed by atoms with Gasteiger partial charge in [-0.15, -0.1) is 0 Å². The van der Waals surface area contributed by atoms with Gasteiger partial charge >= 0.3 is 12.4 Å². The molecule has 5 nitrogen and oxygen atoms in total. The molecule has 0 aliphatic carbocycles. The molecule has 0 fully saturated rings. The highest BCUT2D eigenvalue weighted by Crippen LogP contribution is 2.27. The average molecular weight is 370 g/mol. The molecule has 8 heteroatoms. The van der Waals surface area contributed by atoms with Gasteiger partial charge in [-0.1, -0.05) is 48.0 Å². The SMILES string of the molecule is O=C(NC(C(=O)O)c1ccccc1OCc1ccccc1Cl)C(F)F. The largest absolute Gasteiger partial charge is 0.488 e. The van der Waals surface area contributed by atoms with Crippen molar-refractivity contribution in [3.63, 3.8) is 0 Å². The number of aliphatic carboxylic acids is 1. The van der Waals surface area contributed by atoms with E-state index >= 15 is 0 Å². The maximum Gasteiger partial charge on any atom is 0.331 e. The molecule has 0 saturated heterocycles. The maximum absolute atomic E-state index is 12.4. The van der Waals surface area contributed by atoms with Crippen molar-refractivity contribution in [2.45, 2.75) is 19.1 Å². The maximum atomic E-state index is 12.4. The van der Waals surface area contributed by atoms with Gasteiger partial charge in [0.25, 0.3) is 5.91 Å². The highest BCUT2D eigenvalue weighted by molar-refractivity contribution is 6.31. The van der Waals surface area contributed by atoms with Crippen LogP contribution in [0.15, 0.2) is 48.5 Å². The Balaban J connectivity index is 2.24. The lowest BCUT2D eigenvalue weighted by Crippen LogP contribution is -2.37. The minimum atomic E-state index is -3.32. The first kappa shape index (κ1) is 18.7. The number of para-hydroxylation sites is 1. The summed E-state index contributed by atoms with van der Waals surface area (Å²) < 4.78 is 30.5. The Morgan fingerprint density at radius 1 is 1.12 bits per heavy atom. The first-order chi connectivity index (χ1) is 11.9. The number of amides is 1. The predicted octanol–water partition coefficient (Wildman–Crippen LogP) is 3.43. The number of hydrogen-bond donors (Lipinski definition) is 2. The molecule has 25 heavy (non-hydrogen) atoms. The van der Waals surface area contributed by atoms with E-state index in [1.165, 1.54) is 18.2 Å². The van der Waals surface area contributed by atoms with Crippen LogP contribution in [0, 0.1) is 0 Å². The molecule has 2 aromatic carbocycles. The van der Waals surface area contributed by atoms with Gasteiger partial charge in [-0.3, -0.25) is 4.79 Å². The monoisotopic (exact) mass is 369 g/mol. The van der Waals surface area contributed by atoms with Crippen molar-refractivity contribution >= 4 is 23.5 Å². The van der Waals surface area contributed by atoms with Gasteiger partial charge in [0.2, 0.25) is 0 Å². The van der Waals surface area contributed by atoms with E-state index in [0.717, 1.165) is 0 Å². The van der Waals surface area contributed by atoms with E-state index in [1.54, 1.807) is 35.6 Å². The minimum Gasteiger partial charge on any atom is -0.488 e. The van der Waals surface area contributed by atoms with Crippen molar-refractivity contribution in [2.24, 2.45) is 0 Å². The van der Waals surface area contributed by atoms with Crippen LogP contribution in [-0.4, -0.2) is 23.4 Å². The van der Waals surface area contributed by atoms with Crippen LogP contribution in [0.2, 0.25) is 5.02 Å². The molecule has 0 bridgehead atoms. The standard InChI is InChI=1S/C17H14ClF2NO4/c18-12-7-3-1-5-10(12)9-25-13-8-4-2-6-11(13)14(17(23)24)21-16(22)15(19)20/h1-8,14-15H,9H2,(H,21,22)(H,23,24). The zero-order valence-corrected chi connectivity index (χ0v) is 13.5. The number of nitrogens with one attached hydrogen (secondary N) is 1. The molecule has 2 aromatic rings. The van der Waals surface area contributed by atoms with Crippen molar-refractivity contribution in [1.82, 2.24) is 5.32 Å². The fourth-order valence-corrected chi connectivity index (χ4v) is 2.29. The smallest absolute Gasteiger partial charge is 0.331 e. The summed E-state index contributed by atoms with van der Waals surface area (Å²) in [6.45, 7) is 0.0474. The summed E-state index contributed by atoms with van der Waals surface area (Å²) in [6, 6.07) is 11.2.